The highest BCUT2D eigenvalue weighted by Gasteiger charge is 2.20. The third-order valence-electron chi connectivity index (χ3n) is 4.34. The lowest BCUT2D eigenvalue weighted by Crippen LogP contribution is -2.11. The van der Waals surface area contributed by atoms with Crippen molar-refractivity contribution in [2.24, 2.45) is 0 Å². The number of ether oxygens (including phenoxy) is 1. The molecule has 0 amide bonds. The third kappa shape index (κ3) is 3.69. The number of hydrogen-bond acceptors (Lipinski definition) is 4. The van der Waals surface area contributed by atoms with E-state index in [1.54, 1.807) is 11.8 Å². The van der Waals surface area contributed by atoms with E-state index in [0.29, 0.717) is 0 Å². The molecular weight excluding hydrogens is 354 g/mol. The summed E-state index contributed by atoms with van der Waals surface area (Å²) in [4.78, 5) is 0. The lowest BCUT2D eigenvalue weighted by atomic mass is 10.1. The van der Waals surface area contributed by atoms with E-state index in [9.17, 15) is 0 Å². The average Bonchev–Trinajstić information content (AvgIpc) is 3.13. The van der Waals surface area contributed by atoms with Gasteiger partial charge in [0.2, 0.25) is 0 Å². The molecule has 4 aromatic rings. The van der Waals surface area contributed by atoms with Crippen LogP contribution in [0.5, 0.6) is 5.75 Å². The van der Waals surface area contributed by atoms with Crippen molar-refractivity contribution >= 4 is 22.5 Å². The maximum Gasteiger partial charge on any atom is 0.195 e. The van der Waals surface area contributed by atoms with Crippen LogP contribution in [0.2, 0.25) is 0 Å². The summed E-state index contributed by atoms with van der Waals surface area (Å²) in [5.74, 6) is 2.56. The number of para-hydroxylation sites is 1. The van der Waals surface area contributed by atoms with Crippen molar-refractivity contribution in [1.29, 1.82) is 0 Å². The summed E-state index contributed by atoms with van der Waals surface area (Å²) in [7, 11) is 0. The minimum Gasteiger partial charge on any atom is -0.483 e. The van der Waals surface area contributed by atoms with Gasteiger partial charge >= 0.3 is 0 Å². The summed E-state index contributed by atoms with van der Waals surface area (Å²) >= 11 is 1.68. The summed E-state index contributed by atoms with van der Waals surface area (Å²) in [6, 6.07) is 24.6. The molecule has 0 bridgehead atoms. The molecule has 0 N–H and O–H groups in total. The van der Waals surface area contributed by atoms with Crippen LogP contribution in [0.15, 0.2) is 78.0 Å². The van der Waals surface area contributed by atoms with Gasteiger partial charge in [0.15, 0.2) is 17.1 Å². The van der Waals surface area contributed by atoms with Crippen LogP contribution in [0.25, 0.3) is 16.5 Å². The Morgan fingerprint density at radius 2 is 1.67 bits per heavy atom. The van der Waals surface area contributed by atoms with E-state index in [2.05, 4.69) is 58.1 Å². The Kier molecular flexibility index (Phi) is 5.12. The van der Waals surface area contributed by atoms with E-state index in [4.69, 9.17) is 4.74 Å². The van der Waals surface area contributed by atoms with E-state index in [1.807, 2.05) is 43.3 Å². The molecule has 5 heteroatoms. The number of benzene rings is 3. The van der Waals surface area contributed by atoms with E-state index in [-0.39, 0.29) is 6.10 Å². The fourth-order valence-electron chi connectivity index (χ4n) is 3.08. The van der Waals surface area contributed by atoms with Gasteiger partial charge in [-0.2, -0.15) is 0 Å². The van der Waals surface area contributed by atoms with Gasteiger partial charge in [-0.1, -0.05) is 67.2 Å². The first-order valence-electron chi connectivity index (χ1n) is 9.05. The molecule has 0 radical (unpaired) electrons. The SMILES string of the molecule is CCSc1nnc(C(C)Oc2ccc3ccccc3c2)n1-c1ccccc1. The lowest BCUT2D eigenvalue weighted by Gasteiger charge is -2.17. The topological polar surface area (TPSA) is 39.9 Å². The molecular formula is C22H21N3OS. The quantitative estimate of drug-likeness (QED) is 0.407. The summed E-state index contributed by atoms with van der Waals surface area (Å²) in [6.45, 7) is 4.13. The molecule has 0 spiro atoms. The van der Waals surface area contributed by atoms with E-state index in [1.165, 1.54) is 5.39 Å². The maximum absolute atomic E-state index is 6.23. The van der Waals surface area contributed by atoms with Gasteiger partial charge in [0.25, 0.3) is 0 Å². The van der Waals surface area contributed by atoms with Crippen LogP contribution in [0.4, 0.5) is 0 Å². The van der Waals surface area contributed by atoms with Crippen LogP contribution in [-0.2, 0) is 0 Å². The number of rotatable bonds is 6. The summed E-state index contributed by atoms with van der Waals surface area (Å²) < 4.78 is 8.31. The van der Waals surface area contributed by atoms with Crippen LogP contribution in [0.1, 0.15) is 25.8 Å². The smallest absolute Gasteiger partial charge is 0.195 e. The van der Waals surface area contributed by atoms with Gasteiger partial charge in [-0.05, 0) is 47.7 Å². The number of aromatic nitrogens is 3. The van der Waals surface area contributed by atoms with Crippen molar-refractivity contribution in [3.8, 4) is 11.4 Å². The minimum atomic E-state index is -0.231. The van der Waals surface area contributed by atoms with Crippen molar-refractivity contribution in [2.45, 2.75) is 25.1 Å². The highest BCUT2D eigenvalue weighted by Crippen LogP contribution is 2.29. The molecule has 27 heavy (non-hydrogen) atoms. The molecule has 1 unspecified atom stereocenters. The van der Waals surface area contributed by atoms with E-state index < -0.39 is 0 Å². The van der Waals surface area contributed by atoms with Crippen molar-refractivity contribution in [1.82, 2.24) is 14.8 Å². The Labute approximate surface area is 163 Å². The molecule has 0 saturated carbocycles. The van der Waals surface area contributed by atoms with Gasteiger partial charge in [0.05, 0.1) is 0 Å². The molecule has 0 aliphatic rings. The van der Waals surface area contributed by atoms with Gasteiger partial charge in [0, 0.05) is 5.69 Å². The van der Waals surface area contributed by atoms with Gasteiger partial charge in [0.1, 0.15) is 5.75 Å². The maximum atomic E-state index is 6.23. The molecule has 0 fully saturated rings. The molecule has 1 heterocycles. The van der Waals surface area contributed by atoms with Crippen LogP contribution in [0, 0.1) is 0 Å². The molecule has 4 rings (SSSR count). The lowest BCUT2D eigenvalue weighted by molar-refractivity contribution is 0.214. The fourth-order valence-corrected chi connectivity index (χ4v) is 3.77. The fraction of sp³-hybridized carbons (Fsp3) is 0.182. The standard InChI is InChI=1S/C22H21N3OS/c1-3-27-22-24-23-21(25(22)19-11-5-4-6-12-19)16(2)26-20-14-13-17-9-7-8-10-18(17)15-20/h4-16H,3H2,1-2H3. The van der Waals surface area contributed by atoms with Crippen molar-refractivity contribution in [2.75, 3.05) is 5.75 Å². The molecule has 0 saturated heterocycles. The van der Waals surface area contributed by atoms with Crippen molar-refractivity contribution < 1.29 is 4.74 Å². The van der Waals surface area contributed by atoms with Crippen LogP contribution in [-0.4, -0.2) is 20.5 Å². The molecule has 3 aromatic carbocycles. The van der Waals surface area contributed by atoms with Crippen LogP contribution >= 0.6 is 11.8 Å². The summed E-state index contributed by atoms with van der Waals surface area (Å²) in [5, 5.41) is 12.1. The predicted molar refractivity (Wildman–Crippen MR) is 111 cm³/mol. The van der Waals surface area contributed by atoms with E-state index in [0.717, 1.165) is 33.6 Å². The van der Waals surface area contributed by atoms with Gasteiger partial charge < -0.3 is 4.74 Å². The number of nitrogens with zero attached hydrogens (tertiary/aromatic N) is 3. The second-order valence-electron chi connectivity index (χ2n) is 6.21. The average molecular weight is 375 g/mol. The Hall–Kier alpha value is -2.79. The van der Waals surface area contributed by atoms with Gasteiger partial charge in [-0.3, -0.25) is 4.57 Å². The normalized spacial score (nSPS) is 12.2. The second kappa shape index (κ2) is 7.84. The number of thioether (sulfide) groups is 1. The monoisotopic (exact) mass is 375 g/mol. The number of fused-ring (bicyclic) bond motifs is 1. The molecule has 0 aliphatic carbocycles. The Morgan fingerprint density at radius 1 is 0.926 bits per heavy atom. The zero-order valence-corrected chi connectivity index (χ0v) is 16.2. The predicted octanol–water partition coefficient (Wildman–Crippen LogP) is 5.67. The second-order valence-corrected chi connectivity index (χ2v) is 7.44. The van der Waals surface area contributed by atoms with Gasteiger partial charge in [-0.25, -0.2) is 0 Å². The third-order valence-corrected chi connectivity index (χ3v) is 5.15. The zero-order chi connectivity index (χ0) is 18.6. The van der Waals surface area contributed by atoms with Crippen molar-refractivity contribution in [3.63, 3.8) is 0 Å². The molecule has 1 atom stereocenters. The Balaban J connectivity index is 1.67. The Morgan fingerprint density at radius 3 is 2.44 bits per heavy atom. The first-order chi connectivity index (χ1) is 13.3. The Bertz CT molecular complexity index is 1050. The van der Waals surface area contributed by atoms with Crippen LogP contribution in [0.3, 0.4) is 0 Å². The molecule has 0 aliphatic heterocycles. The minimum absolute atomic E-state index is 0.231. The van der Waals surface area contributed by atoms with E-state index >= 15 is 0 Å². The number of hydrogen-bond donors (Lipinski definition) is 0. The molecule has 1 aromatic heterocycles. The summed E-state index contributed by atoms with van der Waals surface area (Å²) in [5.41, 5.74) is 1.04. The zero-order valence-electron chi connectivity index (χ0n) is 15.4. The van der Waals surface area contributed by atoms with Gasteiger partial charge in [-0.15, -0.1) is 10.2 Å². The van der Waals surface area contributed by atoms with Crippen LogP contribution < -0.4 is 4.74 Å². The highest BCUT2D eigenvalue weighted by molar-refractivity contribution is 7.99. The highest BCUT2D eigenvalue weighted by atomic mass is 32.2. The first kappa shape index (κ1) is 17.6. The molecule has 136 valence electrons. The van der Waals surface area contributed by atoms with Crippen molar-refractivity contribution in [3.05, 3.63) is 78.6 Å². The first-order valence-corrected chi connectivity index (χ1v) is 10.0. The summed E-state index contributed by atoms with van der Waals surface area (Å²) in [6.07, 6.45) is -0.231. The molecule has 4 nitrogen and oxygen atoms in total. The largest absolute Gasteiger partial charge is 0.483 e.